The van der Waals surface area contributed by atoms with Gasteiger partial charge >= 0.3 is 0 Å². The minimum Gasteiger partial charge on any atom is -0.299 e. The second-order valence-electron chi connectivity index (χ2n) is 4.36. The second kappa shape index (κ2) is 5.00. The molecule has 0 heterocycles. The van der Waals surface area contributed by atoms with Gasteiger partial charge in [0, 0.05) is 0 Å². The van der Waals surface area contributed by atoms with Gasteiger partial charge in [0.05, 0.1) is 0 Å². The predicted octanol–water partition coefficient (Wildman–Crippen LogP) is 3.51. The smallest absolute Gasteiger partial charge is 0.142 e. The molecule has 0 unspecified atom stereocenters. The maximum absolute atomic E-state index is 10.3. The third-order valence-corrected chi connectivity index (χ3v) is 2.41. The van der Waals surface area contributed by atoms with Crippen LogP contribution in [0.5, 0.6) is 0 Å². The van der Waals surface area contributed by atoms with Crippen molar-refractivity contribution >= 4 is 6.29 Å². The number of hydrogen-bond donors (Lipinski definition) is 0. The van der Waals surface area contributed by atoms with Crippen LogP contribution in [-0.4, -0.2) is 6.29 Å². The van der Waals surface area contributed by atoms with Crippen LogP contribution in [0.3, 0.4) is 0 Å². The van der Waals surface area contributed by atoms with Crippen molar-refractivity contribution in [1.82, 2.24) is 0 Å². The van der Waals surface area contributed by atoms with E-state index >= 15 is 0 Å². The van der Waals surface area contributed by atoms with Gasteiger partial charge in [0.15, 0.2) is 0 Å². The van der Waals surface area contributed by atoms with Gasteiger partial charge in [-0.05, 0) is 38.7 Å². The van der Waals surface area contributed by atoms with E-state index in [-0.39, 0.29) is 5.41 Å². The highest BCUT2D eigenvalue weighted by atomic mass is 16.1. The standard InChI is InChI=1S/C12H20O/c1-10(2)6-8-12(4,5)11(3)7-9-13/h6-7,9H,8H2,1-5H3. The molecule has 0 aromatic rings. The van der Waals surface area contributed by atoms with Gasteiger partial charge in [-0.15, -0.1) is 0 Å². The van der Waals surface area contributed by atoms with Gasteiger partial charge in [-0.25, -0.2) is 0 Å². The fourth-order valence-electron chi connectivity index (χ4n) is 0.948. The van der Waals surface area contributed by atoms with E-state index in [1.807, 2.05) is 6.92 Å². The van der Waals surface area contributed by atoms with Crippen molar-refractivity contribution in [1.29, 1.82) is 0 Å². The lowest BCUT2D eigenvalue weighted by Crippen LogP contribution is -2.12. The van der Waals surface area contributed by atoms with E-state index in [9.17, 15) is 4.79 Å². The molecule has 0 aromatic carbocycles. The molecule has 0 aliphatic rings. The molecule has 0 N–H and O–H groups in total. The average Bonchev–Trinajstić information content (AvgIpc) is 2.01. The van der Waals surface area contributed by atoms with Gasteiger partial charge in [-0.2, -0.15) is 0 Å². The van der Waals surface area contributed by atoms with Crippen molar-refractivity contribution in [2.45, 2.75) is 41.0 Å². The van der Waals surface area contributed by atoms with E-state index in [0.29, 0.717) is 0 Å². The fourth-order valence-corrected chi connectivity index (χ4v) is 0.948. The monoisotopic (exact) mass is 180 g/mol. The third-order valence-electron chi connectivity index (χ3n) is 2.41. The largest absolute Gasteiger partial charge is 0.299 e. The molecule has 0 fully saturated rings. The van der Waals surface area contributed by atoms with E-state index in [2.05, 4.69) is 33.8 Å². The summed E-state index contributed by atoms with van der Waals surface area (Å²) in [6.45, 7) is 10.5. The Morgan fingerprint density at radius 1 is 1.23 bits per heavy atom. The van der Waals surface area contributed by atoms with E-state index in [1.165, 1.54) is 5.57 Å². The maximum Gasteiger partial charge on any atom is 0.142 e. The zero-order valence-electron chi connectivity index (χ0n) is 9.35. The van der Waals surface area contributed by atoms with Crippen LogP contribution in [0.25, 0.3) is 0 Å². The topological polar surface area (TPSA) is 17.1 Å². The van der Waals surface area contributed by atoms with Crippen molar-refractivity contribution in [3.05, 3.63) is 23.3 Å². The van der Waals surface area contributed by atoms with Crippen molar-refractivity contribution in [2.75, 3.05) is 0 Å². The van der Waals surface area contributed by atoms with Gasteiger partial charge < -0.3 is 0 Å². The van der Waals surface area contributed by atoms with Crippen LogP contribution >= 0.6 is 0 Å². The van der Waals surface area contributed by atoms with Crippen molar-refractivity contribution in [3.63, 3.8) is 0 Å². The van der Waals surface area contributed by atoms with Crippen LogP contribution < -0.4 is 0 Å². The van der Waals surface area contributed by atoms with E-state index < -0.39 is 0 Å². The first-order chi connectivity index (χ1) is 5.90. The van der Waals surface area contributed by atoms with Gasteiger partial charge in [0.2, 0.25) is 0 Å². The molecule has 0 amide bonds. The lowest BCUT2D eigenvalue weighted by Gasteiger charge is -2.24. The molecule has 0 bridgehead atoms. The molecule has 0 aromatic heterocycles. The minimum absolute atomic E-state index is 0.0954. The number of hydrogen-bond acceptors (Lipinski definition) is 1. The summed E-state index contributed by atoms with van der Waals surface area (Å²) in [5, 5.41) is 0. The molecule has 0 rings (SSSR count). The van der Waals surface area contributed by atoms with Crippen molar-refractivity contribution in [2.24, 2.45) is 5.41 Å². The van der Waals surface area contributed by atoms with E-state index in [4.69, 9.17) is 0 Å². The molecule has 0 aliphatic carbocycles. The highest BCUT2D eigenvalue weighted by Gasteiger charge is 2.17. The van der Waals surface area contributed by atoms with Gasteiger partial charge in [0.1, 0.15) is 6.29 Å². The number of rotatable bonds is 4. The van der Waals surface area contributed by atoms with Crippen molar-refractivity contribution < 1.29 is 4.79 Å². The minimum atomic E-state index is 0.0954. The fraction of sp³-hybridized carbons (Fsp3) is 0.583. The Morgan fingerprint density at radius 3 is 2.15 bits per heavy atom. The van der Waals surface area contributed by atoms with E-state index in [0.717, 1.165) is 18.3 Å². The number of carbonyl (C=O) groups is 1. The summed E-state index contributed by atoms with van der Waals surface area (Å²) in [5.41, 5.74) is 2.56. The van der Waals surface area contributed by atoms with Crippen LogP contribution in [0.1, 0.15) is 41.0 Å². The third kappa shape index (κ3) is 4.66. The Morgan fingerprint density at radius 2 is 1.77 bits per heavy atom. The summed E-state index contributed by atoms with van der Waals surface area (Å²) in [6.07, 6.45) is 5.71. The molecule has 0 saturated carbocycles. The summed E-state index contributed by atoms with van der Waals surface area (Å²) >= 11 is 0. The van der Waals surface area contributed by atoms with Crippen LogP contribution in [0.15, 0.2) is 23.3 Å². The molecular formula is C12H20O. The maximum atomic E-state index is 10.3. The van der Waals surface area contributed by atoms with Crippen molar-refractivity contribution in [3.8, 4) is 0 Å². The Bertz CT molecular complexity index is 228. The number of carbonyl (C=O) groups excluding carboxylic acids is 1. The lowest BCUT2D eigenvalue weighted by molar-refractivity contribution is -0.104. The Kier molecular flexibility index (Phi) is 4.68. The quantitative estimate of drug-likeness (QED) is 0.367. The second-order valence-corrected chi connectivity index (χ2v) is 4.36. The SMILES string of the molecule is CC(C)=CCC(C)(C)C(C)=CC=O. The zero-order chi connectivity index (χ0) is 10.5. The molecule has 1 nitrogen and oxygen atoms in total. The molecular weight excluding hydrogens is 160 g/mol. The van der Waals surface area contributed by atoms with E-state index in [1.54, 1.807) is 6.08 Å². The highest BCUT2D eigenvalue weighted by Crippen LogP contribution is 2.30. The normalized spacial score (nSPS) is 12.5. The Balaban J connectivity index is 4.48. The van der Waals surface area contributed by atoms with Crippen LogP contribution in [0.2, 0.25) is 0 Å². The average molecular weight is 180 g/mol. The molecule has 13 heavy (non-hydrogen) atoms. The summed E-state index contributed by atoms with van der Waals surface area (Å²) in [6, 6.07) is 0. The molecule has 0 atom stereocenters. The summed E-state index contributed by atoms with van der Waals surface area (Å²) in [7, 11) is 0. The zero-order valence-corrected chi connectivity index (χ0v) is 9.35. The molecule has 1 heteroatoms. The molecule has 0 spiro atoms. The van der Waals surface area contributed by atoms with Gasteiger partial charge in [-0.1, -0.05) is 31.1 Å². The van der Waals surface area contributed by atoms with Crippen LogP contribution in [0, 0.1) is 5.41 Å². The molecule has 0 radical (unpaired) electrons. The first-order valence-electron chi connectivity index (χ1n) is 4.66. The molecule has 0 saturated heterocycles. The Labute approximate surface area is 81.5 Å². The van der Waals surface area contributed by atoms with Gasteiger partial charge in [0.25, 0.3) is 0 Å². The summed E-state index contributed by atoms with van der Waals surface area (Å²) < 4.78 is 0. The first-order valence-corrected chi connectivity index (χ1v) is 4.66. The number of aldehydes is 1. The number of allylic oxidation sites excluding steroid dienone is 4. The molecule has 0 aliphatic heterocycles. The first kappa shape index (κ1) is 12.2. The van der Waals surface area contributed by atoms with Crippen LogP contribution in [-0.2, 0) is 4.79 Å². The summed E-state index contributed by atoms with van der Waals surface area (Å²) in [5.74, 6) is 0. The lowest BCUT2D eigenvalue weighted by atomic mass is 9.81. The summed E-state index contributed by atoms with van der Waals surface area (Å²) in [4.78, 5) is 10.3. The van der Waals surface area contributed by atoms with Gasteiger partial charge in [-0.3, -0.25) is 4.79 Å². The predicted molar refractivity (Wildman–Crippen MR) is 57.7 cm³/mol. The molecule has 74 valence electrons. The van der Waals surface area contributed by atoms with Crippen LogP contribution in [0.4, 0.5) is 0 Å². The highest BCUT2D eigenvalue weighted by molar-refractivity contribution is 5.66. The Hall–Kier alpha value is -0.850.